The first kappa shape index (κ1) is 18.4. The van der Waals surface area contributed by atoms with Gasteiger partial charge in [0.2, 0.25) is 10.0 Å². The van der Waals surface area contributed by atoms with Gasteiger partial charge < -0.3 is 5.73 Å². The Morgan fingerprint density at radius 2 is 1.30 bits per heavy atom. The van der Waals surface area contributed by atoms with E-state index in [1.54, 1.807) is 4.31 Å². The van der Waals surface area contributed by atoms with Crippen molar-refractivity contribution in [3.05, 3.63) is 27.8 Å². The number of nitrogens with zero attached hydrogens (tertiary/aromatic N) is 1. The van der Waals surface area contributed by atoms with Crippen molar-refractivity contribution in [3.63, 3.8) is 0 Å². The van der Waals surface area contributed by atoms with Gasteiger partial charge in [0, 0.05) is 19.1 Å². The molecule has 0 bridgehead atoms. The summed E-state index contributed by atoms with van der Waals surface area (Å²) in [5.74, 6) is 0.421. The molecule has 23 heavy (non-hydrogen) atoms. The summed E-state index contributed by atoms with van der Waals surface area (Å²) in [5.41, 5.74) is 11.1. The van der Waals surface area contributed by atoms with Crippen LogP contribution in [0.25, 0.3) is 0 Å². The molecular weight excluding hydrogens is 308 g/mol. The molecule has 2 N–H and O–H groups in total. The Morgan fingerprint density at radius 1 is 0.913 bits per heavy atom. The van der Waals surface area contributed by atoms with Crippen LogP contribution in [-0.2, 0) is 10.0 Å². The van der Waals surface area contributed by atoms with Gasteiger partial charge in [-0.3, -0.25) is 0 Å². The van der Waals surface area contributed by atoms with Gasteiger partial charge in [-0.05, 0) is 88.1 Å². The van der Waals surface area contributed by atoms with Crippen LogP contribution in [0.4, 0.5) is 0 Å². The maximum Gasteiger partial charge on any atom is 0.243 e. The summed E-state index contributed by atoms with van der Waals surface area (Å²) < 4.78 is 28.1. The zero-order valence-corrected chi connectivity index (χ0v) is 16.0. The monoisotopic (exact) mass is 338 g/mol. The molecule has 1 fully saturated rings. The first-order valence-corrected chi connectivity index (χ1v) is 9.85. The van der Waals surface area contributed by atoms with Crippen LogP contribution in [0, 0.1) is 40.5 Å². The van der Waals surface area contributed by atoms with E-state index in [1.807, 2.05) is 34.6 Å². The largest absolute Gasteiger partial charge is 0.328 e. The maximum absolute atomic E-state index is 13.2. The van der Waals surface area contributed by atoms with E-state index < -0.39 is 10.0 Å². The highest BCUT2D eigenvalue weighted by Gasteiger charge is 2.33. The third kappa shape index (κ3) is 3.19. The van der Waals surface area contributed by atoms with E-state index in [2.05, 4.69) is 6.92 Å². The Labute approximate surface area is 141 Å². The van der Waals surface area contributed by atoms with Gasteiger partial charge in [-0.1, -0.05) is 0 Å². The van der Waals surface area contributed by atoms with Crippen LogP contribution >= 0.6 is 0 Å². The summed E-state index contributed by atoms with van der Waals surface area (Å²) in [6, 6.07) is 0.132. The van der Waals surface area contributed by atoms with E-state index in [0.717, 1.165) is 35.1 Å². The molecule has 0 spiro atoms. The molecule has 130 valence electrons. The molecule has 0 amide bonds. The van der Waals surface area contributed by atoms with Crippen molar-refractivity contribution in [2.45, 2.75) is 65.3 Å². The standard InChI is InChI=1S/C18H30N2O2S/c1-11-12(2)14(4)18(15(5)13(11)3)23(21,22)20-9-7-17(8-10-20)16(6)19/h16-17H,7-10,19H2,1-6H3. The second-order valence-electron chi connectivity index (χ2n) is 7.05. The number of benzene rings is 1. The molecule has 1 atom stereocenters. The highest BCUT2D eigenvalue weighted by Crippen LogP contribution is 2.33. The fourth-order valence-electron chi connectivity index (χ4n) is 3.62. The minimum Gasteiger partial charge on any atom is -0.328 e. The van der Waals surface area contributed by atoms with Gasteiger partial charge in [0.1, 0.15) is 0 Å². The molecule has 0 aromatic heterocycles. The van der Waals surface area contributed by atoms with Crippen molar-refractivity contribution in [1.82, 2.24) is 4.31 Å². The Hall–Kier alpha value is -0.910. The lowest BCUT2D eigenvalue weighted by atomic mass is 9.92. The molecular formula is C18H30N2O2S. The summed E-state index contributed by atoms with van der Waals surface area (Å²) in [6.45, 7) is 13.1. The fraction of sp³-hybridized carbons (Fsp3) is 0.667. The first-order chi connectivity index (χ1) is 10.6. The highest BCUT2D eigenvalue weighted by atomic mass is 32.2. The molecule has 0 saturated carbocycles. The Kier molecular flexibility index (Phi) is 5.24. The van der Waals surface area contributed by atoms with Gasteiger partial charge in [-0.25, -0.2) is 8.42 Å². The lowest BCUT2D eigenvalue weighted by Crippen LogP contribution is -2.42. The lowest BCUT2D eigenvalue weighted by molar-refractivity contribution is 0.250. The van der Waals surface area contributed by atoms with E-state index in [4.69, 9.17) is 5.73 Å². The van der Waals surface area contributed by atoms with Crippen molar-refractivity contribution < 1.29 is 8.42 Å². The van der Waals surface area contributed by atoms with Gasteiger partial charge in [-0.2, -0.15) is 4.31 Å². The quantitative estimate of drug-likeness (QED) is 0.921. The van der Waals surface area contributed by atoms with Gasteiger partial charge in [0.15, 0.2) is 0 Å². The molecule has 1 saturated heterocycles. The van der Waals surface area contributed by atoms with Gasteiger partial charge >= 0.3 is 0 Å². The average molecular weight is 339 g/mol. The summed E-state index contributed by atoms with van der Waals surface area (Å²) >= 11 is 0. The highest BCUT2D eigenvalue weighted by molar-refractivity contribution is 7.89. The van der Waals surface area contributed by atoms with Crippen LogP contribution < -0.4 is 5.73 Å². The minimum atomic E-state index is -3.44. The van der Waals surface area contributed by atoms with Crippen LogP contribution in [0.1, 0.15) is 47.6 Å². The number of rotatable bonds is 3. The third-order valence-electron chi connectivity index (χ3n) is 5.77. The molecule has 2 rings (SSSR count). The van der Waals surface area contributed by atoms with Crippen LogP contribution in [0.2, 0.25) is 0 Å². The second-order valence-corrected chi connectivity index (χ2v) is 8.93. The molecule has 0 radical (unpaired) electrons. The molecule has 4 nitrogen and oxygen atoms in total. The minimum absolute atomic E-state index is 0.132. The van der Waals surface area contributed by atoms with Gasteiger partial charge in [0.25, 0.3) is 0 Å². The van der Waals surface area contributed by atoms with Crippen molar-refractivity contribution in [3.8, 4) is 0 Å². The van der Waals surface area contributed by atoms with E-state index in [9.17, 15) is 8.42 Å². The molecule has 5 heteroatoms. The molecule has 1 aliphatic rings. The van der Waals surface area contributed by atoms with E-state index >= 15 is 0 Å². The van der Waals surface area contributed by atoms with E-state index in [1.165, 1.54) is 5.56 Å². The normalized spacial score (nSPS) is 19.1. The number of nitrogens with two attached hydrogens (primary N) is 1. The van der Waals surface area contributed by atoms with Gasteiger partial charge in [0.05, 0.1) is 4.90 Å². The third-order valence-corrected chi connectivity index (χ3v) is 7.94. The molecule has 1 aromatic rings. The second kappa shape index (κ2) is 6.54. The first-order valence-electron chi connectivity index (χ1n) is 8.41. The zero-order valence-electron chi connectivity index (χ0n) is 15.2. The predicted octanol–water partition coefficient (Wildman–Crippen LogP) is 2.98. The summed E-state index contributed by atoms with van der Waals surface area (Å²) in [7, 11) is -3.44. The molecule has 1 aliphatic heterocycles. The Morgan fingerprint density at radius 3 is 1.70 bits per heavy atom. The molecule has 1 aromatic carbocycles. The smallest absolute Gasteiger partial charge is 0.243 e. The van der Waals surface area contributed by atoms with Crippen LogP contribution in [0.15, 0.2) is 4.90 Å². The maximum atomic E-state index is 13.2. The molecule has 1 heterocycles. The number of piperidine rings is 1. The molecule has 1 unspecified atom stereocenters. The van der Waals surface area contributed by atoms with E-state index in [-0.39, 0.29) is 6.04 Å². The SMILES string of the molecule is Cc1c(C)c(C)c(S(=O)(=O)N2CCC(C(C)N)CC2)c(C)c1C. The Bertz CT molecular complexity index is 671. The summed E-state index contributed by atoms with van der Waals surface area (Å²) in [4.78, 5) is 0.511. The number of hydrogen-bond acceptors (Lipinski definition) is 3. The van der Waals surface area contributed by atoms with Crippen LogP contribution in [0.5, 0.6) is 0 Å². The molecule has 0 aliphatic carbocycles. The zero-order chi connectivity index (χ0) is 17.5. The number of sulfonamides is 1. The van der Waals surface area contributed by atoms with Crippen molar-refractivity contribution in [1.29, 1.82) is 0 Å². The fourth-order valence-corrected chi connectivity index (χ4v) is 5.65. The van der Waals surface area contributed by atoms with E-state index in [0.29, 0.717) is 23.9 Å². The predicted molar refractivity (Wildman–Crippen MR) is 95.3 cm³/mol. The summed E-state index contributed by atoms with van der Waals surface area (Å²) in [5, 5.41) is 0. The van der Waals surface area contributed by atoms with Crippen LogP contribution in [-0.4, -0.2) is 31.9 Å². The topological polar surface area (TPSA) is 63.4 Å². The van der Waals surface area contributed by atoms with Crippen molar-refractivity contribution in [2.75, 3.05) is 13.1 Å². The van der Waals surface area contributed by atoms with Crippen molar-refractivity contribution in [2.24, 2.45) is 11.7 Å². The lowest BCUT2D eigenvalue weighted by Gasteiger charge is -2.34. The van der Waals surface area contributed by atoms with Gasteiger partial charge in [-0.15, -0.1) is 0 Å². The van der Waals surface area contributed by atoms with Crippen LogP contribution in [0.3, 0.4) is 0 Å². The van der Waals surface area contributed by atoms with Crippen molar-refractivity contribution >= 4 is 10.0 Å². The Balaban J connectivity index is 2.43. The summed E-state index contributed by atoms with van der Waals surface area (Å²) in [6.07, 6.45) is 1.69. The average Bonchev–Trinajstić information content (AvgIpc) is 2.51. The number of hydrogen-bond donors (Lipinski definition) is 1.